The molecule has 0 spiro atoms. The van der Waals surface area contributed by atoms with E-state index in [1.54, 1.807) is 13.1 Å². The van der Waals surface area contributed by atoms with Crippen molar-refractivity contribution in [3.05, 3.63) is 6.07 Å². The van der Waals surface area contributed by atoms with E-state index >= 15 is 0 Å². The summed E-state index contributed by atoms with van der Waals surface area (Å²) in [4.78, 5) is 7.93. The van der Waals surface area contributed by atoms with Crippen LogP contribution in [0.3, 0.4) is 0 Å². The number of nitrogens with zero attached hydrogens (tertiary/aromatic N) is 2. The van der Waals surface area contributed by atoms with E-state index in [9.17, 15) is 0 Å². The fourth-order valence-electron chi connectivity index (χ4n) is 0.980. The van der Waals surface area contributed by atoms with Gasteiger partial charge in [-0.2, -0.15) is 9.97 Å². The van der Waals surface area contributed by atoms with Gasteiger partial charge in [0.2, 0.25) is 5.95 Å². The van der Waals surface area contributed by atoms with Crippen LogP contribution in [0.1, 0.15) is 6.42 Å². The molecule has 0 aromatic carbocycles. The van der Waals surface area contributed by atoms with Gasteiger partial charge in [0.25, 0.3) is 0 Å². The molecule has 0 unspecified atom stereocenters. The molecule has 0 atom stereocenters. The maximum absolute atomic E-state index is 8.59. The highest BCUT2D eigenvalue weighted by atomic mass is 16.3. The number of anilines is 3. The zero-order valence-corrected chi connectivity index (χ0v) is 8.12. The lowest BCUT2D eigenvalue weighted by Crippen LogP contribution is -2.08. The summed E-state index contributed by atoms with van der Waals surface area (Å²) in [6, 6.07) is 1.76. The Labute approximate surface area is 82.6 Å². The number of nitrogen functional groups attached to an aromatic ring is 1. The Hall–Kier alpha value is -1.56. The summed E-state index contributed by atoms with van der Waals surface area (Å²) in [7, 11) is 1.76. The van der Waals surface area contributed by atoms with Crippen molar-refractivity contribution in [2.75, 3.05) is 36.6 Å². The van der Waals surface area contributed by atoms with Gasteiger partial charge in [0.15, 0.2) is 0 Å². The van der Waals surface area contributed by atoms with Gasteiger partial charge in [-0.25, -0.2) is 0 Å². The first-order valence-electron chi connectivity index (χ1n) is 4.43. The third-order valence-corrected chi connectivity index (χ3v) is 1.64. The number of nitrogens with one attached hydrogen (secondary N) is 2. The molecule has 1 aromatic rings. The summed E-state index contributed by atoms with van der Waals surface area (Å²) in [5, 5.41) is 14.5. The predicted molar refractivity (Wildman–Crippen MR) is 56.2 cm³/mol. The smallest absolute Gasteiger partial charge is 0.223 e. The van der Waals surface area contributed by atoms with Crippen molar-refractivity contribution in [3.8, 4) is 0 Å². The van der Waals surface area contributed by atoms with Crippen molar-refractivity contribution in [1.29, 1.82) is 0 Å². The van der Waals surface area contributed by atoms with Crippen LogP contribution >= 0.6 is 0 Å². The van der Waals surface area contributed by atoms with Gasteiger partial charge in [-0.05, 0) is 6.42 Å². The van der Waals surface area contributed by atoms with Crippen LogP contribution < -0.4 is 16.4 Å². The first-order valence-corrected chi connectivity index (χ1v) is 4.43. The van der Waals surface area contributed by atoms with E-state index < -0.39 is 0 Å². The van der Waals surface area contributed by atoms with Gasteiger partial charge < -0.3 is 21.5 Å². The minimum Gasteiger partial charge on any atom is -0.396 e. The van der Waals surface area contributed by atoms with Crippen molar-refractivity contribution >= 4 is 17.6 Å². The number of rotatable bonds is 5. The van der Waals surface area contributed by atoms with Crippen LogP contribution in [0.4, 0.5) is 17.6 Å². The topological polar surface area (TPSA) is 96.1 Å². The van der Waals surface area contributed by atoms with Gasteiger partial charge >= 0.3 is 0 Å². The second-order valence-electron chi connectivity index (χ2n) is 2.75. The van der Waals surface area contributed by atoms with Crippen LogP contribution in [0.15, 0.2) is 6.07 Å². The van der Waals surface area contributed by atoms with Crippen LogP contribution in [0.25, 0.3) is 0 Å². The molecule has 0 saturated heterocycles. The van der Waals surface area contributed by atoms with Gasteiger partial charge in [0, 0.05) is 26.3 Å². The van der Waals surface area contributed by atoms with Gasteiger partial charge in [0.1, 0.15) is 11.6 Å². The van der Waals surface area contributed by atoms with Gasteiger partial charge in [0.05, 0.1) is 0 Å². The molecule has 14 heavy (non-hydrogen) atoms. The average Bonchev–Trinajstić information content (AvgIpc) is 2.17. The number of hydrogen-bond acceptors (Lipinski definition) is 6. The van der Waals surface area contributed by atoms with E-state index in [0.717, 1.165) is 0 Å². The fraction of sp³-hybridized carbons (Fsp3) is 0.500. The normalized spacial score (nSPS) is 9.86. The first kappa shape index (κ1) is 10.5. The number of aliphatic hydroxyl groups excluding tert-OH is 1. The van der Waals surface area contributed by atoms with Crippen molar-refractivity contribution in [3.63, 3.8) is 0 Å². The van der Waals surface area contributed by atoms with E-state index in [1.165, 1.54) is 0 Å². The quantitative estimate of drug-likeness (QED) is 0.492. The van der Waals surface area contributed by atoms with Crippen molar-refractivity contribution in [2.24, 2.45) is 0 Å². The Morgan fingerprint density at radius 2 is 2.14 bits per heavy atom. The van der Waals surface area contributed by atoms with E-state index in [0.29, 0.717) is 24.6 Å². The molecule has 78 valence electrons. The SMILES string of the molecule is CNc1cc(NCCCO)nc(N)n1. The van der Waals surface area contributed by atoms with E-state index in [2.05, 4.69) is 20.6 Å². The second kappa shape index (κ2) is 5.23. The highest BCUT2D eigenvalue weighted by Gasteiger charge is 1.99. The molecule has 0 amide bonds. The Morgan fingerprint density at radius 1 is 1.43 bits per heavy atom. The van der Waals surface area contributed by atoms with E-state index in [4.69, 9.17) is 10.8 Å². The molecule has 1 heterocycles. The van der Waals surface area contributed by atoms with Crippen molar-refractivity contribution in [2.45, 2.75) is 6.42 Å². The van der Waals surface area contributed by atoms with Crippen molar-refractivity contribution < 1.29 is 5.11 Å². The Kier molecular flexibility index (Phi) is 3.93. The molecule has 1 rings (SSSR count). The Balaban J connectivity index is 2.62. The first-order chi connectivity index (χ1) is 6.76. The monoisotopic (exact) mass is 197 g/mol. The molecule has 5 N–H and O–H groups in total. The fourth-order valence-corrected chi connectivity index (χ4v) is 0.980. The van der Waals surface area contributed by atoms with Gasteiger partial charge in [-0.3, -0.25) is 0 Å². The third-order valence-electron chi connectivity index (χ3n) is 1.64. The van der Waals surface area contributed by atoms with Crippen LogP contribution in [-0.4, -0.2) is 35.3 Å². The number of hydrogen-bond donors (Lipinski definition) is 4. The number of aliphatic hydroxyl groups is 1. The van der Waals surface area contributed by atoms with Crippen LogP contribution in [0, 0.1) is 0 Å². The highest BCUT2D eigenvalue weighted by molar-refractivity contribution is 5.50. The average molecular weight is 197 g/mol. The molecule has 0 bridgehead atoms. The van der Waals surface area contributed by atoms with Crippen LogP contribution in [-0.2, 0) is 0 Å². The number of nitrogens with two attached hydrogens (primary N) is 1. The summed E-state index contributed by atoms with van der Waals surface area (Å²) >= 11 is 0. The highest BCUT2D eigenvalue weighted by Crippen LogP contribution is 2.11. The van der Waals surface area contributed by atoms with Crippen LogP contribution in [0.2, 0.25) is 0 Å². The lowest BCUT2D eigenvalue weighted by molar-refractivity contribution is 0.292. The lowest BCUT2D eigenvalue weighted by atomic mass is 10.4. The minimum absolute atomic E-state index is 0.159. The van der Waals surface area contributed by atoms with Crippen LogP contribution in [0.5, 0.6) is 0 Å². The summed E-state index contributed by atoms with van der Waals surface area (Å²) in [5.41, 5.74) is 5.49. The van der Waals surface area contributed by atoms with Crippen molar-refractivity contribution in [1.82, 2.24) is 9.97 Å². The molecule has 6 heteroatoms. The molecule has 0 radical (unpaired) electrons. The largest absolute Gasteiger partial charge is 0.396 e. The molecule has 6 nitrogen and oxygen atoms in total. The molecular formula is C8H15N5O. The third kappa shape index (κ3) is 3.06. The summed E-state index contributed by atoms with van der Waals surface area (Å²) in [6.45, 7) is 0.822. The molecular weight excluding hydrogens is 182 g/mol. The maximum Gasteiger partial charge on any atom is 0.223 e. The molecule has 0 aliphatic rings. The molecule has 0 saturated carbocycles. The summed E-state index contributed by atoms with van der Waals surface area (Å²) in [5.74, 6) is 1.56. The van der Waals surface area contributed by atoms with E-state index in [1.807, 2.05) is 0 Å². The molecule has 0 aliphatic carbocycles. The minimum atomic E-state index is 0.159. The summed E-state index contributed by atoms with van der Waals surface area (Å²) < 4.78 is 0. The Morgan fingerprint density at radius 3 is 2.79 bits per heavy atom. The number of aromatic nitrogens is 2. The molecule has 1 aromatic heterocycles. The zero-order chi connectivity index (χ0) is 10.4. The standard InChI is InChI=1S/C8H15N5O/c1-10-6-5-7(11-3-2-4-14)13-8(9)12-6/h5,14H,2-4H2,1H3,(H4,9,10,11,12,13). The summed E-state index contributed by atoms with van der Waals surface area (Å²) in [6.07, 6.45) is 0.679. The predicted octanol–water partition coefficient (Wildman–Crippen LogP) is -0.105. The second-order valence-corrected chi connectivity index (χ2v) is 2.75. The Bertz CT molecular complexity index is 291. The lowest BCUT2D eigenvalue weighted by Gasteiger charge is -2.06. The van der Waals surface area contributed by atoms with Gasteiger partial charge in [-0.1, -0.05) is 0 Å². The maximum atomic E-state index is 8.59. The van der Waals surface area contributed by atoms with Gasteiger partial charge in [-0.15, -0.1) is 0 Å². The zero-order valence-electron chi connectivity index (χ0n) is 8.12. The molecule has 0 fully saturated rings. The molecule has 0 aliphatic heterocycles. The van der Waals surface area contributed by atoms with E-state index in [-0.39, 0.29) is 12.6 Å².